The highest BCUT2D eigenvalue weighted by atomic mass is 19.1. The van der Waals surface area contributed by atoms with E-state index in [2.05, 4.69) is 10.6 Å². The number of anilines is 1. The smallest absolute Gasteiger partial charge is 0.252 e. The van der Waals surface area contributed by atoms with Crippen molar-refractivity contribution in [2.75, 3.05) is 12.4 Å². The normalized spacial score (nSPS) is 11.5. The van der Waals surface area contributed by atoms with Crippen LogP contribution in [0.1, 0.15) is 22.8 Å². The molecule has 0 spiro atoms. The first-order valence-corrected chi connectivity index (χ1v) is 11.1. The molecule has 178 valence electrons. The van der Waals surface area contributed by atoms with E-state index in [0.717, 1.165) is 5.56 Å². The largest absolute Gasteiger partial charge is 0.497 e. The third-order valence-corrected chi connectivity index (χ3v) is 5.46. The molecular formula is C28H25FN2O4. The summed E-state index contributed by atoms with van der Waals surface area (Å²) in [4.78, 5) is 25.8. The Hall–Kier alpha value is -4.39. The summed E-state index contributed by atoms with van der Waals surface area (Å²) in [5.41, 5.74) is 1.78. The number of aryl methyl sites for hydroxylation is 1. The van der Waals surface area contributed by atoms with Crippen molar-refractivity contribution in [2.24, 2.45) is 0 Å². The Labute approximate surface area is 202 Å². The number of carbonyl (C=O) groups is 2. The maximum atomic E-state index is 13.6. The van der Waals surface area contributed by atoms with Crippen molar-refractivity contribution in [1.82, 2.24) is 5.32 Å². The highest BCUT2D eigenvalue weighted by molar-refractivity contribution is 6.09. The number of nitrogens with one attached hydrogen (secondary N) is 2. The van der Waals surface area contributed by atoms with Crippen molar-refractivity contribution < 1.29 is 23.5 Å². The number of methoxy groups -OCH3 is 1. The Morgan fingerprint density at radius 1 is 0.914 bits per heavy atom. The minimum atomic E-state index is -0.842. The van der Waals surface area contributed by atoms with Crippen LogP contribution in [0.2, 0.25) is 0 Å². The van der Waals surface area contributed by atoms with Crippen molar-refractivity contribution in [3.05, 3.63) is 95.8 Å². The molecule has 0 aliphatic carbocycles. The van der Waals surface area contributed by atoms with Crippen LogP contribution in [0.4, 0.5) is 10.1 Å². The Kier molecular flexibility index (Phi) is 6.96. The number of benzene rings is 4. The van der Waals surface area contributed by atoms with Crippen LogP contribution in [0.5, 0.6) is 17.2 Å². The molecule has 4 aromatic carbocycles. The fraction of sp³-hybridized carbons (Fsp3) is 0.143. The average molecular weight is 473 g/mol. The third kappa shape index (κ3) is 5.58. The molecule has 0 bridgehead atoms. The summed E-state index contributed by atoms with van der Waals surface area (Å²) < 4.78 is 24.9. The van der Waals surface area contributed by atoms with E-state index < -0.39 is 17.9 Å². The second-order valence-electron chi connectivity index (χ2n) is 8.14. The number of rotatable bonds is 7. The molecule has 6 nitrogen and oxygen atoms in total. The lowest BCUT2D eigenvalue weighted by Crippen LogP contribution is -2.41. The van der Waals surface area contributed by atoms with Crippen molar-refractivity contribution in [1.29, 1.82) is 0 Å². The quantitative estimate of drug-likeness (QED) is 0.354. The van der Waals surface area contributed by atoms with Crippen LogP contribution >= 0.6 is 0 Å². The summed E-state index contributed by atoms with van der Waals surface area (Å²) in [6, 6.07) is 21.0. The van der Waals surface area contributed by atoms with Crippen LogP contribution < -0.4 is 20.1 Å². The highest BCUT2D eigenvalue weighted by Crippen LogP contribution is 2.32. The van der Waals surface area contributed by atoms with Crippen LogP contribution in [-0.2, 0) is 4.79 Å². The average Bonchev–Trinajstić information content (AvgIpc) is 2.84. The van der Waals surface area contributed by atoms with E-state index in [1.807, 2.05) is 19.1 Å². The second-order valence-corrected chi connectivity index (χ2v) is 8.14. The van der Waals surface area contributed by atoms with Crippen LogP contribution in [0, 0.1) is 12.7 Å². The molecular weight excluding hydrogens is 447 g/mol. The first-order chi connectivity index (χ1) is 16.8. The zero-order valence-corrected chi connectivity index (χ0v) is 19.6. The van der Waals surface area contributed by atoms with Gasteiger partial charge in [0.1, 0.15) is 23.4 Å². The van der Waals surface area contributed by atoms with Crippen molar-refractivity contribution >= 4 is 28.3 Å². The SMILES string of the molecule is COc1cc(C)cc(Oc2ccccc2NC(=O)[C@@H](C)NC(=O)c2cccc3cc(F)ccc23)c1. The minimum absolute atomic E-state index is 0.360. The molecule has 2 N–H and O–H groups in total. The number of ether oxygens (including phenoxy) is 2. The van der Waals surface area contributed by atoms with Gasteiger partial charge >= 0.3 is 0 Å². The number of amides is 2. The first-order valence-electron chi connectivity index (χ1n) is 11.1. The third-order valence-electron chi connectivity index (χ3n) is 5.46. The number of para-hydroxylation sites is 2. The molecule has 0 aliphatic rings. The fourth-order valence-corrected chi connectivity index (χ4v) is 3.71. The molecule has 0 radical (unpaired) electrons. The van der Waals surface area contributed by atoms with E-state index in [-0.39, 0.29) is 5.82 Å². The Morgan fingerprint density at radius 2 is 1.69 bits per heavy atom. The minimum Gasteiger partial charge on any atom is -0.497 e. The van der Waals surface area contributed by atoms with Gasteiger partial charge < -0.3 is 20.1 Å². The highest BCUT2D eigenvalue weighted by Gasteiger charge is 2.19. The van der Waals surface area contributed by atoms with Gasteiger partial charge in [-0.15, -0.1) is 0 Å². The maximum absolute atomic E-state index is 13.6. The Balaban J connectivity index is 1.48. The molecule has 0 heterocycles. The predicted molar refractivity (Wildman–Crippen MR) is 134 cm³/mol. The standard InChI is InChI=1S/C28H25FN2O4/c1-17-13-21(34-3)16-22(14-17)35-26-10-5-4-9-25(26)31-27(32)18(2)30-28(33)24-8-6-7-19-15-20(29)11-12-23(19)24/h4-16,18H,1-3H3,(H,30,33)(H,31,32)/t18-/m1/s1. The van der Waals surface area contributed by atoms with Gasteiger partial charge in [0.05, 0.1) is 12.8 Å². The van der Waals surface area contributed by atoms with Gasteiger partial charge in [0.25, 0.3) is 5.91 Å². The molecule has 0 aromatic heterocycles. The molecule has 4 aromatic rings. The summed E-state index contributed by atoms with van der Waals surface area (Å²) in [6.45, 7) is 3.52. The predicted octanol–water partition coefficient (Wildman–Crippen LogP) is 5.85. The molecule has 0 unspecified atom stereocenters. The van der Waals surface area contributed by atoms with Crippen molar-refractivity contribution in [2.45, 2.75) is 19.9 Å². The van der Waals surface area contributed by atoms with Crippen molar-refractivity contribution in [3.8, 4) is 17.2 Å². The van der Waals surface area contributed by atoms with Gasteiger partial charge in [-0.3, -0.25) is 9.59 Å². The Bertz CT molecular complexity index is 1400. The second kappa shape index (κ2) is 10.3. The van der Waals surface area contributed by atoms with Crippen LogP contribution in [0.3, 0.4) is 0 Å². The molecule has 4 rings (SSSR count). The van der Waals surface area contributed by atoms with Crippen LogP contribution in [0.25, 0.3) is 10.8 Å². The summed E-state index contributed by atoms with van der Waals surface area (Å²) in [7, 11) is 1.58. The molecule has 7 heteroatoms. The number of carbonyl (C=O) groups excluding carboxylic acids is 2. The number of hydrogen-bond donors (Lipinski definition) is 2. The summed E-state index contributed by atoms with van der Waals surface area (Å²) >= 11 is 0. The first kappa shape index (κ1) is 23.8. The van der Waals surface area contributed by atoms with Gasteiger partial charge in [-0.1, -0.05) is 30.3 Å². The van der Waals surface area contributed by atoms with Crippen molar-refractivity contribution in [3.63, 3.8) is 0 Å². The van der Waals surface area contributed by atoms with Gasteiger partial charge in [0.15, 0.2) is 5.75 Å². The van der Waals surface area contributed by atoms with Crippen LogP contribution in [-0.4, -0.2) is 25.0 Å². The van der Waals surface area contributed by atoms with E-state index >= 15 is 0 Å². The molecule has 35 heavy (non-hydrogen) atoms. The van der Waals surface area contributed by atoms with Gasteiger partial charge in [-0.05, 0) is 72.6 Å². The molecule has 0 fully saturated rings. The van der Waals surface area contributed by atoms with E-state index in [0.29, 0.717) is 39.3 Å². The number of halogens is 1. The lowest BCUT2D eigenvalue weighted by atomic mass is 10.0. The molecule has 0 aliphatic heterocycles. The van der Waals surface area contributed by atoms with E-state index in [9.17, 15) is 14.0 Å². The Morgan fingerprint density at radius 3 is 2.49 bits per heavy atom. The lowest BCUT2D eigenvalue weighted by molar-refractivity contribution is -0.117. The lowest BCUT2D eigenvalue weighted by Gasteiger charge is -2.17. The zero-order valence-electron chi connectivity index (χ0n) is 19.6. The number of fused-ring (bicyclic) bond motifs is 1. The summed E-state index contributed by atoms with van der Waals surface area (Å²) in [5, 5.41) is 6.74. The van der Waals surface area contributed by atoms with E-state index in [1.165, 1.54) is 12.1 Å². The van der Waals surface area contributed by atoms with Gasteiger partial charge in [0.2, 0.25) is 5.91 Å². The molecule has 2 amide bonds. The van der Waals surface area contributed by atoms with Gasteiger partial charge in [0, 0.05) is 11.6 Å². The van der Waals surface area contributed by atoms with E-state index in [1.54, 1.807) is 68.6 Å². The van der Waals surface area contributed by atoms with Gasteiger partial charge in [-0.2, -0.15) is 0 Å². The van der Waals surface area contributed by atoms with Crippen LogP contribution in [0.15, 0.2) is 78.9 Å². The fourth-order valence-electron chi connectivity index (χ4n) is 3.71. The van der Waals surface area contributed by atoms with Gasteiger partial charge in [-0.25, -0.2) is 4.39 Å². The zero-order chi connectivity index (χ0) is 24.9. The molecule has 0 saturated heterocycles. The number of hydrogen-bond acceptors (Lipinski definition) is 4. The summed E-state index contributed by atoms with van der Waals surface area (Å²) in [6.07, 6.45) is 0. The summed E-state index contributed by atoms with van der Waals surface area (Å²) in [5.74, 6) is 0.450. The van der Waals surface area contributed by atoms with E-state index in [4.69, 9.17) is 9.47 Å². The molecule has 0 saturated carbocycles. The topological polar surface area (TPSA) is 76.7 Å². The molecule has 1 atom stereocenters. The maximum Gasteiger partial charge on any atom is 0.252 e. The monoisotopic (exact) mass is 472 g/mol.